The summed E-state index contributed by atoms with van der Waals surface area (Å²) in [4.78, 5) is 36.1. The molecule has 3 heterocycles. The number of amides is 2. The van der Waals surface area contributed by atoms with Crippen LogP contribution in [0.2, 0.25) is 0 Å². The summed E-state index contributed by atoms with van der Waals surface area (Å²) in [6, 6.07) is 1.63. The largest absolute Gasteiger partial charge is 0.384 e. The summed E-state index contributed by atoms with van der Waals surface area (Å²) < 4.78 is 0. The lowest BCUT2D eigenvalue weighted by Crippen LogP contribution is -2.68. The van der Waals surface area contributed by atoms with Crippen molar-refractivity contribution in [1.82, 2.24) is 25.1 Å². The van der Waals surface area contributed by atoms with Crippen molar-refractivity contribution in [2.75, 3.05) is 33.2 Å². The third kappa shape index (κ3) is 4.32. The summed E-state index contributed by atoms with van der Waals surface area (Å²) in [6.45, 7) is 1.61. The molecule has 3 rings (SSSR count). The highest BCUT2D eigenvalue weighted by Crippen LogP contribution is 2.22. The Balaban J connectivity index is 1.38. The Morgan fingerprint density at radius 1 is 1.36 bits per heavy atom. The number of β-amino-alcohol motifs (C(OH)–C–C–N with tert-alkyl or cyclic N) is 1. The van der Waals surface area contributed by atoms with E-state index in [-0.39, 0.29) is 37.5 Å². The molecule has 2 fully saturated rings. The minimum absolute atomic E-state index is 0.0287. The topological polar surface area (TPSA) is 98.7 Å². The van der Waals surface area contributed by atoms with Gasteiger partial charge in [0.25, 0.3) is 0 Å². The van der Waals surface area contributed by atoms with Crippen molar-refractivity contribution < 1.29 is 14.7 Å². The summed E-state index contributed by atoms with van der Waals surface area (Å²) in [6.07, 6.45) is 5.98. The van der Waals surface area contributed by atoms with E-state index in [1.165, 1.54) is 0 Å². The van der Waals surface area contributed by atoms with Crippen LogP contribution in [0.25, 0.3) is 0 Å². The maximum atomic E-state index is 12.2. The first-order chi connectivity index (χ1) is 12.0. The number of rotatable bonds is 6. The van der Waals surface area contributed by atoms with Crippen molar-refractivity contribution in [3.63, 3.8) is 0 Å². The highest BCUT2D eigenvalue weighted by molar-refractivity contribution is 5.82. The summed E-state index contributed by atoms with van der Waals surface area (Å²) in [5, 5.41) is 13.3. The van der Waals surface area contributed by atoms with E-state index in [0.717, 1.165) is 19.4 Å². The van der Waals surface area contributed by atoms with E-state index >= 15 is 0 Å². The molecule has 0 spiro atoms. The summed E-state index contributed by atoms with van der Waals surface area (Å²) in [7, 11) is 1.94. The van der Waals surface area contributed by atoms with E-state index < -0.39 is 5.60 Å². The molecule has 8 heteroatoms. The molecule has 1 aromatic rings. The van der Waals surface area contributed by atoms with E-state index in [9.17, 15) is 14.7 Å². The standard InChI is InChI=1S/C17H25N5O3/c1-21-9-2-4-13(21)16(24)20-10-17(25)11-22(12-17)15(23)6-5-14-18-7-3-8-19-14/h3,7-8,13,25H,2,4-6,9-12H2,1H3,(H,20,24)/t13-/m0/s1. The van der Waals surface area contributed by atoms with Crippen molar-refractivity contribution in [3.05, 3.63) is 24.3 Å². The summed E-state index contributed by atoms with van der Waals surface area (Å²) in [5.41, 5.74) is -1.02. The van der Waals surface area contributed by atoms with E-state index in [4.69, 9.17) is 0 Å². The molecule has 136 valence electrons. The van der Waals surface area contributed by atoms with Crippen LogP contribution < -0.4 is 5.32 Å². The average Bonchev–Trinajstić information content (AvgIpc) is 3.02. The van der Waals surface area contributed by atoms with Crippen LogP contribution >= 0.6 is 0 Å². The molecule has 2 N–H and O–H groups in total. The van der Waals surface area contributed by atoms with Crippen molar-refractivity contribution in [3.8, 4) is 0 Å². The zero-order valence-corrected chi connectivity index (χ0v) is 14.5. The molecule has 2 aliphatic heterocycles. The van der Waals surface area contributed by atoms with Gasteiger partial charge in [-0.2, -0.15) is 0 Å². The number of carbonyl (C=O) groups excluding carboxylic acids is 2. The zero-order chi connectivity index (χ0) is 17.9. The number of aliphatic hydroxyl groups is 1. The van der Waals surface area contributed by atoms with Gasteiger partial charge in [-0.25, -0.2) is 9.97 Å². The minimum atomic E-state index is -1.02. The van der Waals surface area contributed by atoms with Crippen LogP contribution in [0.3, 0.4) is 0 Å². The Morgan fingerprint density at radius 2 is 2.08 bits per heavy atom. The van der Waals surface area contributed by atoms with E-state index in [1.54, 1.807) is 23.4 Å². The normalized spacial score (nSPS) is 22.5. The lowest BCUT2D eigenvalue weighted by molar-refractivity contribution is -0.155. The lowest BCUT2D eigenvalue weighted by atomic mass is 9.93. The number of nitrogens with one attached hydrogen (secondary N) is 1. The first kappa shape index (κ1) is 17.8. The number of aryl methyl sites for hydroxylation is 1. The molecular formula is C17H25N5O3. The second kappa shape index (κ2) is 7.45. The predicted molar refractivity (Wildman–Crippen MR) is 90.5 cm³/mol. The van der Waals surface area contributed by atoms with Crippen molar-refractivity contribution >= 4 is 11.8 Å². The fourth-order valence-electron chi connectivity index (χ4n) is 3.40. The molecule has 0 saturated carbocycles. The van der Waals surface area contributed by atoms with Crippen LogP contribution in [0.4, 0.5) is 0 Å². The number of likely N-dealkylation sites (tertiary alicyclic amines) is 2. The van der Waals surface area contributed by atoms with Crippen molar-refractivity contribution in [2.24, 2.45) is 0 Å². The molecule has 0 aromatic carbocycles. The molecule has 0 bridgehead atoms. The third-order valence-electron chi connectivity index (χ3n) is 4.92. The van der Waals surface area contributed by atoms with Gasteiger partial charge in [0, 0.05) is 31.8 Å². The van der Waals surface area contributed by atoms with Crippen LogP contribution in [-0.2, 0) is 16.0 Å². The zero-order valence-electron chi connectivity index (χ0n) is 14.5. The molecule has 0 unspecified atom stereocenters. The maximum Gasteiger partial charge on any atom is 0.237 e. The van der Waals surface area contributed by atoms with Crippen LogP contribution in [0.1, 0.15) is 25.1 Å². The summed E-state index contributed by atoms with van der Waals surface area (Å²) >= 11 is 0. The quantitative estimate of drug-likeness (QED) is 0.699. The average molecular weight is 347 g/mol. The number of hydrogen-bond donors (Lipinski definition) is 2. The SMILES string of the molecule is CN1CCC[C@H]1C(=O)NCC1(O)CN(C(=O)CCc2ncccn2)C1. The fourth-order valence-corrected chi connectivity index (χ4v) is 3.40. The first-order valence-electron chi connectivity index (χ1n) is 8.71. The Labute approximate surface area is 147 Å². The molecule has 2 amide bonds. The van der Waals surface area contributed by atoms with Crippen molar-refractivity contribution in [2.45, 2.75) is 37.3 Å². The van der Waals surface area contributed by atoms with Gasteiger partial charge in [0.15, 0.2) is 0 Å². The Kier molecular flexibility index (Phi) is 5.29. The van der Waals surface area contributed by atoms with Gasteiger partial charge in [-0.3, -0.25) is 14.5 Å². The second-order valence-corrected chi connectivity index (χ2v) is 7.00. The fraction of sp³-hybridized carbons (Fsp3) is 0.647. The molecular weight excluding hydrogens is 322 g/mol. The minimum Gasteiger partial charge on any atom is -0.384 e. The molecule has 25 heavy (non-hydrogen) atoms. The van der Waals surface area contributed by atoms with Gasteiger partial charge in [-0.05, 0) is 32.5 Å². The summed E-state index contributed by atoms with van der Waals surface area (Å²) in [5.74, 6) is 0.568. The van der Waals surface area contributed by atoms with Gasteiger partial charge < -0.3 is 15.3 Å². The Hall–Kier alpha value is -2.06. The van der Waals surface area contributed by atoms with Gasteiger partial charge >= 0.3 is 0 Å². The first-order valence-corrected chi connectivity index (χ1v) is 8.71. The third-order valence-corrected chi connectivity index (χ3v) is 4.92. The molecule has 2 aliphatic rings. The second-order valence-electron chi connectivity index (χ2n) is 7.00. The number of likely N-dealkylation sites (N-methyl/N-ethyl adjacent to an activating group) is 1. The maximum absolute atomic E-state index is 12.2. The van der Waals surface area contributed by atoms with E-state index in [1.807, 2.05) is 11.9 Å². The highest BCUT2D eigenvalue weighted by Gasteiger charge is 2.44. The number of hydrogen-bond acceptors (Lipinski definition) is 6. The molecule has 1 atom stereocenters. The van der Waals surface area contributed by atoms with Crippen LogP contribution in [0.5, 0.6) is 0 Å². The van der Waals surface area contributed by atoms with E-state index in [0.29, 0.717) is 18.7 Å². The molecule has 2 saturated heterocycles. The van der Waals surface area contributed by atoms with Crippen LogP contribution in [-0.4, -0.2) is 81.6 Å². The molecule has 1 aromatic heterocycles. The van der Waals surface area contributed by atoms with Gasteiger partial charge in [0.2, 0.25) is 11.8 Å². The van der Waals surface area contributed by atoms with Gasteiger partial charge in [-0.15, -0.1) is 0 Å². The van der Waals surface area contributed by atoms with E-state index in [2.05, 4.69) is 15.3 Å². The predicted octanol–water partition coefficient (Wildman–Crippen LogP) is -0.807. The van der Waals surface area contributed by atoms with Crippen LogP contribution in [0.15, 0.2) is 18.5 Å². The Bertz CT molecular complexity index is 618. The number of carbonyl (C=O) groups is 2. The molecule has 8 nitrogen and oxygen atoms in total. The monoisotopic (exact) mass is 347 g/mol. The Morgan fingerprint density at radius 3 is 2.72 bits per heavy atom. The molecule has 0 radical (unpaired) electrons. The number of nitrogens with zero attached hydrogens (tertiary/aromatic N) is 4. The van der Waals surface area contributed by atoms with Gasteiger partial charge in [0.05, 0.1) is 19.1 Å². The number of aromatic nitrogens is 2. The smallest absolute Gasteiger partial charge is 0.237 e. The van der Waals surface area contributed by atoms with Gasteiger partial charge in [0.1, 0.15) is 11.4 Å². The van der Waals surface area contributed by atoms with Crippen molar-refractivity contribution in [1.29, 1.82) is 0 Å². The lowest BCUT2D eigenvalue weighted by Gasteiger charge is -2.46. The van der Waals surface area contributed by atoms with Gasteiger partial charge in [-0.1, -0.05) is 0 Å². The highest BCUT2D eigenvalue weighted by atomic mass is 16.3. The molecule has 0 aliphatic carbocycles. The van der Waals surface area contributed by atoms with Crippen LogP contribution in [0, 0.1) is 0 Å².